The van der Waals surface area contributed by atoms with Gasteiger partial charge in [0.15, 0.2) is 5.11 Å². The lowest BCUT2D eigenvalue weighted by atomic mass is 10.1. The summed E-state index contributed by atoms with van der Waals surface area (Å²) >= 11 is 5.34. The number of ether oxygens (including phenoxy) is 1. The Balaban J connectivity index is 1.73. The predicted octanol–water partition coefficient (Wildman–Crippen LogP) is 3.40. The summed E-state index contributed by atoms with van der Waals surface area (Å²) in [5.41, 5.74) is 2.98. The molecule has 4 rings (SSSR count). The minimum atomic E-state index is -0.544. The highest BCUT2D eigenvalue weighted by Crippen LogP contribution is 2.28. The van der Waals surface area contributed by atoms with E-state index in [9.17, 15) is 14.0 Å². The SMILES string of the molecule is COC(=O)CN1C(=O)/C(=C/c2cn(Cc3cccc(F)c3)c3ccccc23)N(C)C1=S. The average Bonchev–Trinajstić information content (AvgIpc) is 3.20. The molecule has 0 bridgehead atoms. The van der Waals surface area contributed by atoms with Crippen molar-refractivity contribution in [1.29, 1.82) is 0 Å². The van der Waals surface area contributed by atoms with E-state index in [4.69, 9.17) is 12.2 Å². The van der Waals surface area contributed by atoms with Crippen LogP contribution >= 0.6 is 12.2 Å². The normalized spacial score (nSPS) is 15.4. The molecular formula is C23H20FN3O3S. The zero-order valence-corrected chi connectivity index (χ0v) is 17.9. The van der Waals surface area contributed by atoms with Gasteiger partial charge in [-0.1, -0.05) is 30.3 Å². The first-order valence-corrected chi connectivity index (χ1v) is 10.00. The minimum Gasteiger partial charge on any atom is -0.468 e. The number of hydrogen-bond donors (Lipinski definition) is 0. The molecule has 158 valence electrons. The molecule has 1 amide bonds. The van der Waals surface area contributed by atoms with Gasteiger partial charge >= 0.3 is 5.97 Å². The maximum absolute atomic E-state index is 13.6. The second-order valence-corrected chi connectivity index (χ2v) is 7.56. The van der Waals surface area contributed by atoms with Crippen LogP contribution in [-0.4, -0.2) is 52.1 Å². The third-order valence-electron chi connectivity index (χ3n) is 5.21. The maximum Gasteiger partial charge on any atom is 0.325 e. The smallest absolute Gasteiger partial charge is 0.325 e. The number of likely N-dealkylation sites (N-methyl/N-ethyl adjacent to an activating group) is 1. The summed E-state index contributed by atoms with van der Waals surface area (Å²) in [7, 11) is 2.95. The van der Waals surface area contributed by atoms with E-state index in [0.29, 0.717) is 12.2 Å². The van der Waals surface area contributed by atoms with Crippen molar-refractivity contribution in [3.8, 4) is 0 Å². The summed E-state index contributed by atoms with van der Waals surface area (Å²) in [4.78, 5) is 27.4. The van der Waals surface area contributed by atoms with Gasteiger partial charge in [-0.3, -0.25) is 14.5 Å². The lowest BCUT2D eigenvalue weighted by Crippen LogP contribution is -2.36. The van der Waals surface area contributed by atoms with Crippen LogP contribution in [0.1, 0.15) is 11.1 Å². The number of benzene rings is 2. The van der Waals surface area contributed by atoms with Crippen molar-refractivity contribution in [2.24, 2.45) is 0 Å². The van der Waals surface area contributed by atoms with Crippen molar-refractivity contribution in [3.05, 3.63) is 77.4 Å². The van der Waals surface area contributed by atoms with Crippen LogP contribution in [0.15, 0.2) is 60.4 Å². The maximum atomic E-state index is 13.6. The Labute approximate surface area is 184 Å². The number of hydrogen-bond acceptors (Lipinski definition) is 4. The number of amides is 1. The average molecular weight is 437 g/mol. The molecule has 0 atom stereocenters. The molecule has 0 spiro atoms. The van der Waals surface area contributed by atoms with Crippen molar-refractivity contribution in [3.63, 3.8) is 0 Å². The molecule has 1 fully saturated rings. The molecule has 6 nitrogen and oxygen atoms in total. The minimum absolute atomic E-state index is 0.239. The molecule has 2 aromatic carbocycles. The standard InChI is InChI=1S/C23H20FN3O3S/c1-25-20(22(29)27(23(25)31)14-21(28)30-2)11-16-13-26(19-9-4-3-8-18(16)19)12-15-6-5-7-17(24)10-15/h3-11,13H,12,14H2,1-2H3/b20-11-. The van der Waals surface area contributed by atoms with E-state index in [0.717, 1.165) is 22.0 Å². The van der Waals surface area contributed by atoms with Gasteiger partial charge in [-0.2, -0.15) is 0 Å². The lowest BCUT2D eigenvalue weighted by Gasteiger charge is -2.14. The summed E-state index contributed by atoms with van der Waals surface area (Å²) in [5, 5.41) is 1.19. The van der Waals surface area contributed by atoms with Gasteiger partial charge < -0.3 is 14.2 Å². The largest absolute Gasteiger partial charge is 0.468 e. The third kappa shape index (κ3) is 3.94. The van der Waals surface area contributed by atoms with Gasteiger partial charge in [-0.05, 0) is 42.1 Å². The van der Waals surface area contributed by atoms with E-state index in [-0.39, 0.29) is 23.4 Å². The Hall–Kier alpha value is -3.52. The number of fused-ring (bicyclic) bond motifs is 1. The van der Waals surface area contributed by atoms with Crippen LogP contribution in [0.25, 0.3) is 17.0 Å². The van der Waals surface area contributed by atoms with Gasteiger partial charge in [-0.15, -0.1) is 0 Å². The lowest BCUT2D eigenvalue weighted by molar-refractivity contribution is -0.143. The van der Waals surface area contributed by atoms with Crippen molar-refractivity contribution < 1.29 is 18.7 Å². The summed E-state index contributed by atoms with van der Waals surface area (Å²) in [6.07, 6.45) is 3.69. The molecule has 2 heterocycles. The van der Waals surface area contributed by atoms with Crippen molar-refractivity contribution in [2.75, 3.05) is 20.7 Å². The van der Waals surface area contributed by atoms with Crippen LogP contribution in [0.4, 0.5) is 4.39 Å². The molecule has 0 unspecified atom stereocenters. The van der Waals surface area contributed by atoms with E-state index in [1.165, 1.54) is 24.1 Å². The Bertz CT molecular complexity index is 1230. The molecule has 0 saturated carbocycles. The molecule has 1 aromatic heterocycles. The first kappa shape index (κ1) is 20.7. The molecule has 3 aromatic rings. The highest BCUT2D eigenvalue weighted by atomic mass is 32.1. The second-order valence-electron chi connectivity index (χ2n) is 7.20. The molecule has 0 radical (unpaired) electrons. The number of carbonyl (C=O) groups excluding carboxylic acids is 2. The summed E-state index contributed by atoms with van der Waals surface area (Å²) in [6, 6.07) is 14.3. The van der Waals surface area contributed by atoms with Gasteiger partial charge in [0.1, 0.15) is 18.1 Å². The van der Waals surface area contributed by atoms with Gasteiger partial charge in [0.2, 0.25) is 0 Å². The number of rotatable bonds is 5. The number of esters is 1. The van der Waals surface area contributed by atoms with Crippen LogP contribution in [0.3, 0.4) is 0 Å². The van der Waals surface area contributed by atoms with Gasteiger partial charge in [0.25, 0.3) is 5.91 Å². The molecule has 31 heavy (non-hydrogen) atoms. The first-order chi connectivity index (χ1) is 14.9. The van der Waals surface area contributed by atoms with E-state index in [1.807, 2.05) is 41.1 Å². The van der Waals surface area contributed by atoms with Crippen LogP contribution in [-0.2, 0) is 20.9 Å². The molecule has 1 saturated heterocycles. The zero-order chi connectivity index (χ0) is 22.1. The third-order valence-corrected chi connectivity index (χ3v) is 5.71. The fourth-order valence-corrected chi connectivity index (χ4v) is 3.89. The van der Waals surface area contributed by atoms with Gasteiger partial charge in [0, 0.05) is 36.3 Å². The first-order valence-electron chi connectivity index (χ1n) is 9.59. The second kappa shape index (κ2) is 8.31. The number of thiocarbonyl (C=S) groups is 1. The Morgan fingerprint density at radius 2 is 1.97 bits per heavy atom. The van der Waals surface area contributed by atoms with Gasteiger partial charge in [0.05, 0.1) is 7.11 Å². The van der Waals surface area contributed by atoms with E-state index >= 15 is 0 Å². The molecule has 8 heteroatoms. The van der Waals surface area contributed by atoms with Crippen molar-refractivity contribution in [1.82, 2.24) is 14.4 Å². The molecule has 1 aliphatic rings. The number of carbonyl (C=O) groups is 2. The van der Waals surface area contributed by atoms with Crippen LogP contribution in [0.2, 0.25) is 0 Å². The topological polar surface area (TPSA) is 54.8 Å². The van der Waals surface area contributed by atoms with Crippen LogP contribution < -0.4 is 0 Å². The molecule has 0 N–H and O–H groups in total. The number of nitrogens with zero attached hydrogens (tertiary/aromatic N) is 3. The Morgan fingerprint density at radius 3 is 2.71 bits per heavy atom. The summed E-state index contributed by atoms with van der Waals surface area (Å²) in [6.45, 7) is 0.245. The van der Waals surface area contributed by atoms with Crippen LogP contribution in [0.5, 0.6) is 0 Å². The number of halogens is 1. The van der Waals surface area contributed by atoms with Gasteiger partial charge in [-0.25, -0.2) is 4.39 Å². The highest BCUT2D eigenvalue weighted by Gasteiger charge is 2.37. The number of para-hydroxylation sites is 1. The molecule has 0 aliphatic carbocycles. The van der Waals surface area contributed by atoms with Crippen molar-refractivity contribution in [2.45, 2.75) is 6.54 Å². The molecule has 1 aliphatic heterocycles. The van der Waals surface area contributed by atoms with E-state index < -0.39 is 5.97 Å². The molecular weight excluding hydrogens is 417 g/mol. The number of aromatic nitrogens is 1. The number of methoxy groups -OCH3 is 1. The monoisotopic (exact) mass is 437 g/mol. The van der Waals surface area contributed by atoms with E-state index in [2.05, 4.69) is 4.74 Å². The fraction of sp³-hybridized carbons (Fsp3) is 0.174. The summed E-state index contributed by atoms with van der Waals surface area (Å²) < 4.78 is 20.3. The Kier molecular flexibility index (Phi) is 5.56. The zero-order valence-electron chi connectivity index (χ0n) is 17.0. The van der Waals surface area contributed by atoms with Crippen LogP contribution in [0, 0.1) is 5.82 Å². The fourth-order valence-electron chi connectivity index (χ4n) is 3.64. The quantitative estimate of drug-likeness (QED) is 0.348. The predicted molar refractivity (Wildman–Crippen MR) is 120 cm³/mol. The highest BCUT2D eigenvalue weighted by molar-refractivity contribution is 7.80. The Morgan fingerprint density at radius 1 is 1.19 bits per heavy atom. The van der Waals surface area contributed by atoms with Crippen molar-refractivity contribution >= 4 is 46.2 Å². The summed E-state index contributed by atoms with van der Waals surface area (Å²) in [5.74, 6) is -1.19. The van der Waals surface area contributed by atoms with E-state index in [1.54, 1.807) is 24.1 Å².